The van der Waals surface area contributed by atoms with Crippen LogP contribution in [0.25, 0.3) is 0 Å². The largest absolute Gasteiger partial charge is 0.398 e. The number of halogens is 2. The van der Waals surface area contributed by atoms with E-state index in [2.05, 4.69) is 4.74 Å². The standard InChI is InChI=1S/C8H9F2NO/c9-8(10)12-5-6-3-1-2-4-7(6)11/h1-4,8H,5,11H2. The number of nitrogens with two attached hydrogens (primary N) is 1. The third kappa shape index (κ3) is 2.47. The van der Waals surface area contributed by atoms with Crippen molar-refractivity contribution in [3.05, 3.63) is 29.8 Å². The molecule has 0 aliphatic carbocycles. The van der Waals surface area contributed by atoms with Crippen molar-refractivity contribution in [1.82, 2.24) is 0 Å². The fourth-order valence-corrected chi connectivity index (χ4v) is 0.818. The van der Waals surface area contributed by atoms with Crippen LogP contribution in [0.5, 0.6) is 0 Å². The zero-order valence-electron chi connectivity index (χ0n) is 6.34. The molecule has 0 atom stereocenters. The van der Waals surface area contributed by atoms with E-state index in [1.165, 1.54) is 0 Å². The van der Waals surface area contributed by atoms with Crippen molar-refractivity contribution in [1.29, 1.82) is 0 Å². The molecule has 1 aromatic carbocycles. The Kier molecular flexibility index (Phi) is 2.99. The van der Waals surface area contributed by atoms with E-state index in [4.69, 9.17) is 5.73 Å². The number of benzene rings is 1. The summed E-state index contributed by atoms with van der Waals surface area (Å²) in [5.74, 6) is 0. The average molecular weight is 173 g/mol. The quantitative estimate of drug-likeness (QED) is 0.709. The van der Waals surface area contributed by atoms with Crippen LogP contribution in [-0.2, 0) is 11.3 Å². The van der Waals surface area contributed by atoms with E-state index in [1.54, 1.807) is 24.3 Å². The number of alkyl halides is 2. The molecule has 2 nitrogen and oxygen atoms in total. The molecule has 0 saturated heterocycles. The maximum Gasteiger partial charge on any atom is 0.345 e. The van der Waals surface area contributed by atoms with E-state index in [0.29, 0.717) is 11.3 Å². The first-order valence-electron chi connectivity index (χ1n) is 3.43. The van der Waals surface area contributed by atoms with Crippen molar-refractivity contribution in [3.8, 4) is 0 Å². The molecule has 0 heterocycles. The van der Waals surface area contributed by atoms with Crippen LogP contribution in [0.4, 0.5) is 14.5 Å². The Labute approximate surface area is 68.9 Å². The number of ether oxygens (including phenoxy) is 1. The molecule has 0 radical (unpaired) electrons. The third-order valence-electron chi connectivity index (χ3n) is 1.42. The molecule has 0 aromatic heterocycles. The van der Waals surface area contributed by atoms with E-state index in [0.717, 1.165) is 0 Å². The minimum atomic E-state index is -2.75. The van der Waals surface area contributed by atoms with E-state index >= 15 is 0 Å². The van der Waals surface area contributed by atoms with Crippen LogP contribution in [0.1, 0.15) is 5.56 Å². The van der Waals surface area contributed by atoms with Gasteiger partial charge in [-0.05, 0) is 6.07 Å². The molecule has 0 aliphatic rings. The lowest BCUT2D eigenvalue weighted by Gasteiger charge is -2.04. The molecule has 0 bridgehead atoms. The lowest BCUT2D eigenvalue weighted by Crippen LogP contribution is -2.01. The SMILES string of the molecule is Nc1ccccc1COC(F)F. The van der Waals surface area contributed by atoms with Gasteiger partial charge >= 0.3 is 6.61 Å². The third-order valence-corrected chi connectivity index (χ3v) is 1.42. The van der Waals surface area contributed by atoms with Gasteiger partial charge in [0.05, 0.1) is 6.61 Å². The Morgan fingerprint density at radius 1 is 1.33 bits per heavy atom. The predicted octanol–water partition coefficient (Wildman–Crippen LogP) is 2.01. The van der Waals surface area contributed by atoms with Gasteiger partial charge in [-0.3, -0.25) is 0 Å². The summed E-state index contributed by atoms with van der Waals surface area (Å²) in [5.41, 5.74) is 6.53. The predicted molar refractivity (Wildman–Crippen MR) is 41.6 cm³/mol. The Morgan fingerprint density at radius 2 is 2.00 bits per heavy atom. The summed E-state index contributed by atoms with van der Waals surface area (Å²) in [6.07, 6.45) is 0. The highest BCUT2D eigenvalue weighted by molar-refractivity contribution is 5.45. The highest BCUT2D eigenvalue weighted by Gasteiger charge is 2.03. The minimum Gasteiger partial charge on any atom is -0.398 e. The van der Waals surface area contributed by atoms with Crippen LogP contribution in [-0.4, -0.2) is 6.61 Å². The molecule has 2 N–H and O–H groups in total. The van der Waals surface area contributed by atoms with Gasteiger partial charge in [-0.2, -0.15) is 8.78 Å². The molecule has 0 fully saturated rings. The number of hydrogen-bond acceptors (Lipinski definition) is 2. The molecule has 0 unspecified atom stereocenters. The van der Waals surface area contributed by atoms with Crippen molar-refractivity contribution < 1.29 is 13.5 Å². The maximum atomic E-state index is 11.6. The van der Waals surface area contributed by atoms with Crippen molar-refractivity contribution in [2.24, 2.45) is 0 Å². The Morgan fingerprint density at radius 3 is 2.58 bits per heavy atom. The molecular formula is C8H9F2NO. The van der Waals surface area contributed by atoms with Crippen LogP contribution < -0.4 is 5.73 Å². The molecule has 0 spiro atoms. The second-order valence-electron chi connectivity index (χ2n) is 2.27. The number of anilines is 1. The topological polar surface area (TPSA) is 35.2 Å². The first kappa shape index (κ1) is 8.93. The summed E-state index contributed by atoms with van der Waals surface area (Å²) in [6, 6.07) is 6.75. The lowest BCUT2D eigenvalue weighted by molar-refractivity contribution is -0.137. The zero-order valence-corrected chi connectivity index (χ0v) is 6.34. The van der Waals surface area contributed by atoms with Crippen molar-refractivity contribution >= 4 is 5.69 Å². The number of rotatable bonds is 3. The second-order valence-corrected chi connectivity index (χ2v) is 2.27. The van der Waals surface area contributed by atoms with E-state index < -0.39 is 6.61 Å². The van der Waals surface area contributed by atoms with Crippen LogP contribution >= 0.6 is 0 Å². The van der Waals surface area contributed by atoms with Gasteiger partial charge in [0.2, 0.25) is 0 Å². The zero-order chi connectivity index (χ0) is 8.97. The number of para-hydroxylation sites is 1. The Bertz CT molecular complexity index is 253. The van der Waals surface area contributed by atoms with Gasteiger partial charge in [0.1, 0.15) is 0 Å². The molecule has 0 saturated carbocycles. The summed E-state index contributed by atoms with van der Waals surface area (Å²) < 4.78 is 27.3. The van der Waals surface area contributed by atoms with E-state index in [9.17, 15) is 8.78 Å². The van der Waals surface area contributed by atoms with Crippen LogP contribution in [0.2, 0.25) is 0 Å². The van der Waals surface area contributed by atoms with Crippen molar-refractivity contribution in [2.45, 2.75) is 13.2 Å². The summed E-state index contributed by atoms with van der Waals surface area (Å²) in [5, 5.41) is 0. The molecule has 4 heteroatoms. The van der Waals surface area contributed by atoms with Crippen LogP contribution in [0.3, 0.4) is 0 Å². The van der Waals surface area contributed by atoms with E-state index in [-0.39, 0.29) is 6.61 Å². The molecule has 1 rings (SSSR count). The van der Waals surface area contributed by atoms with Gasteiger partial charge in [-0.15, -0.1) is 0 Å². The van der Waals surface area contributed by atoms with Gasteiger partial charge < -0.3 is 10.5 Å². The fraction of sp³-hybridized carbons (Fsp3) is 0.250. The first-order chi connectivity index (χ1) is 5.70. The van der Waals surface area contributed by atoms with Crippen molar-refractivity contribution in [3.63, 3.8) is 0 Å². The van der Waals surface area contributed by atoms with Crippen LogP contribution in [0, 0.1) is 0 Å². The van der Waals surface area contributed by atoms with Crippen LogP contribution in [0.15, 0.2) is 24.3 Å². The van der Waals surface area contributed by atoms with Gasteiger partial charge in [0.15, 0.2) is 0 Å². The summed E-state index contributed by atoms with van der Waals surface area (Å²) in [6.45, 7) is -2.89. The highest BCUT2D eigenvalue weighted by Crippen LogP contribution is 2.12. The highest BCUT2D eigenvalue weighted by atomic mass is 19.3. The summed E-state index contributed by atoms with van der Waals surface area (Å²) >= 11 is 0. The Hall–Kier alpha value is -1.16. The minimum absolute atomic E-state index is 0.148. The van der Waals surface area contributed by atoms with Gasteiger partial charge in [0.25, 0.3) is 0 Å². The summed E-state index contributed by atoms with van der Waals surface area (Å²) in [7, 11) is 0. The first-order valence-corrected chi connectivity index (χ1v) is 3.43. The molecule has 1 aromatic rings. The summed E-state index contributed by atoms with van der Waals surface area (Å²) in [4.78, 5) is 0. The molecule has 66 valence electrons. The van der Waals surface area contributed by atoms with Gasteiger partial charge in [-0.1, -0.05) is 18.2 Å². The fourth-order valence-electron chi connectivity index (χ4n) is 0.818. The molecule has 0 amide bonds. The molecular weight excluding hydrogens is 164 g/mol. The Balaban J connectivity index is 2.57. The average Bonchev–Trinajstić information content (AvgIpc) is 2.03. The molecule has 0 aliphatic heterocycles. The monoisotopic (exact) mass is 173 g/mol. The van der Waals surface area contributed by atoms with Gasteiger partial charge in [-0.25, -0.2) is 0 Å². The smallest absolute Gasteiger partial charge is 0.345 e. The van der Waals surface area contributed by atoms with E-state index in [1.807, 2.05) is 0 Å². The lowest BCUT2D eigenvalue weighted by atomic mass is 10.2. The maximum absolute atomic E-state index is 11.6. The van der Waals surface area contributed by atoms with Gasteiger partial charge in [0, 0.05) is 11.3 Å². The molecule has 12 heavy (non-hydrogen) atoms. The number of hydrogen-bond donors (Lipinski definition) is 1. The van der Waals surface area contributed by atoms with Crippen molar-refractivity contribution in [2.75, 3.05) is 5.73 Å². The second kappa shape index (κ2) is 4.01. The number of nitrogen functional groups attached to an aromatic ring is 1. The normalized spacial score (nSPS) is 10.6.